The Morgan fingerprint density at radius 1 is 0.660 bits per heavy atom. The molecule has 3 unspecified atom stereocenters. The van der Waals surface area contributed by atoms with Crippen LogP contribution >= 0.6 is 0 Å². The molecule has 50 heavy (non-hydrogen) atoms. The smallest absolute Gasteiger partial charge is 0.213 e. The van der Waals surface area contributed by atoms with E-state index in [-0.39, 0.29) is 18.0 Å². The van der Waals surface area contributed by atoms with Gasteiger partial charge in [0.25, 0.3) is 0 Å². The molecular formula is C46H40N4+2. The van der Waals surface area contributed by atoms with Gasteiger partial charge in [-0.05, 0) is 109 Å². The number of fused-ring (bicyclic) bond motifs is 11. The van der Waals surface area contributed by atoms with Crippen molar-refractivity contribution >= 4 is 10.8 Å². The highest BCUT2D eigenvalue weighted by molar-refractivity contribution is 6.05. The van der Waals surface area contributed by atoms with Crippen LogP contribution in [0.1, 0.15) is 57.2 Å². The van der Waals surface area contributed by atoms with Crippen molar-refractivity contribution in [3.8, 4) is 44.8 Å². The summed E-state index contributed by atoms with van der Waals surface area (Å²) in [5.41, 5.74) is 18.3. The molecule has 4 aromatic heterocycles. The molecule has 242 valence electrons. The fraction of sp³-hybridized carbons (Fsp3) is 0.174. The number of benzene rings is 3. The normalized spacial score (nSPS) is 17.2. The average molecular weight is 649 g/mol. The second-order valence-corrected chi connectivity index (χ2v) is 14.2. The zero-order valence-corrected chi connectivity index (χ0v) is 29.3. The van der Waals surface area contributed by atoms with E-state index in [0.717, 1.165) is 16.8 Å². The monoisotopic (exact) mass is 648 g/mol. The predicted octanol–water partition coefficient (Wildman–Crippen LogP) is 9.84. The second-order valence-electron chi connectivity index (χ2n) is 14.2. The highest BCUT2D eigenvalue weighted by Gasteiger charge is 2.51. The van der Waals surface area contributed by atoms with Gasteiger partial charge >= 0.3 is 0 Å². The van der Waals surface area contributed by atoms with E-state index in [2.05, 4.69) is 165 Å². The first kappa shape index (κ1) is 30.3. The third-order valence-electron chi connectivity index (χ3n) is 11.0. The van der Waals surface area contributed by atoms with Gasteiger partial charge in [-0.15, -0.1) is 0 Å². The number of aryl methyl sites for hydroxylation is 5. The fourth-order valence-electron chi connectivity index (χ4n) is 8.97. The lowest BCUT2D eigenvalue weighted by Gasteiger charge is -2.31. The van der Waals surface area contributed by atoms with Crippen LogP contribution in [0.5, 0.6) is 0 Å². The summed E-state index contributed by atoms with van der Waals surface area (Å²) in [6, 6.07) is 34.3. The summed E-state index contributed by atoms with van der Waals surface area (Å²) in [6.07, 6.45) is 10.6. The minimum absolute atomic E-state index is 0.0495. The molecule has 7 aromatic rings. The summed E-state index contributed by atoms with van der Waals surface area (Å²) >= 11 is 0. The Bertz CT molecular complexity index is 2520. The first-order valence-corrected chi connectivity index (χ1v) is 17.5. The van der Waals surface area contributed by atoms with Crippen molar-refractivity contribution < 1.29 is 9.13 Å². The lowest BCUT2D eigenvalue weighted by Crippen LogP contribution is -2.52. The summed E-state index contributed by atoms with van der Waals surface area (Å²) < 4.78 is 4.98. The highest BCUT2D eigenvalue weighted by atomic mass is 15.1. The van der Waals surface area contributed by atoms with E-state index in [1.54, 1.807) is 0 Å². The van der Waals surface area contributed by atoms with Gasteiger partial charge in [-0.2, -0.15) is 9.13 Å². The molecule has 9 rings (SSSR count). The molecule has 0 saturated heterocycles. The van der Waals surface area contributed by atoms with Gasteiger partial charge in [-0.3, -0.25) is 9.97 Å². The molecule has 6 heterocycles. The largest absolute Gasteiger partial charge is 0.264 e. The van der Waals surface area contributed by atoms with Gasteiger partial charge in [0.05, 0.1) is 11.1 Å². The maximum atomic E-state index is 4.84. The Morgan fingerprint density at radius 2 is 1.40 bits per heavy atom. The first-order valence-electron chi connectivity index (χ1n) is 17.5. The molecule has 0 N–H and O–H groups in total. The van der Waals surface area contributed by atoms with Crippen molar-refractivity contribution in [2.75, 3.05) is 0 Å². The van der Waals surface area contributed by atoms with Crippen LogP contribution in [-0.2, 0) is 0 Å². The molecular weight excluding hydrogens is 609 g/mol. The van der Waals surface area contributed by atoms with Crippen LogP contribution in [0.15, 0.2) is 128 Å². The SMILES string of the molecule is C=CC1C2c3ccccc3-c3cc(C)cc[n+]3C2c2ccc(-c3ccc(-c4c(C)cc(C)nc4C)c4ccncc34)cc2-c2cc(C)cc[n+]21. The summed E-state index contributed by atoms with van der Waals surface area (Å²) in [7, 11) is 0. The molecule has 0 bridgehead atoms. The van der Waals surface area contributed by atoms with E-state index in [1.165, 1.54) is 78.0 Å². The molecule has 0 saturated carbocycles. The Morgan fingerprint density at radius 3 is 2.18 bits per heavy atom. The summed E-state index contributed by atoms with van der Waals surface area (Å²) in [4.78, 5) is 9.47. The highest BCUT2D eigenvalue weighted by Crippen LogP contribution is 2.50. The third-order valence-corrected chi connectivity index (χ3v) is 11.0. The predicted molar refractivity (Wildman–Crippen MR) is 202 cm³/mol. The van der Waals surface area contributed by atoms with Crippen LogP contribution in [0.4, 0.5) is 0 Å². The van der Waals surface area contributed by atoms with Crippen LogP contribution in [-0.4, -0.2) is 9.97 Å². The molecule has 0 radical (unpaired) electrons. The summed E-state index contributed by atoms with van der Waals surface area (Å²) in [5, 5.41) is 2.32. The minimum atomic E-state index is 0.0495. The number of allylic oxidation sites excluding steroid dienone is 1. The van der Waals surface area contributed by atoms with Crippen molar-refractivity contribution in [3.63, 3.8) is 0 Å². The molecule has 3 aromatic carbocycles. The van der Waals surface area contributed by atoms with E-state index >= 15 is 0 Å². The molecule has 0 aliphatic carbocycles. The maximum Gasteiger partial charge on any atom is 0.213 e. The van der Waals surface area contributed by atoms with Crippen molar-refractivity contribution in [1.82, 2.24) is 9.97 Å². The Labute approximate surface area is 294 Å². The molecule has 0 fully saturated rings. The molecule has 4 nitrogen and oxygen atoms in total. The van der Waals surface area contributed by atoms with E-state index in [0.29, 0.717) is 0 Å². The fourth-order valence-corrected chi connectivity index (χ4v) is 8.97. The van der Waals surface area contributed by atoms with Gasteiger partial charge in [0.15, 0.2) is 24.5 Å². The van der Waals surface area contributed by atoms with Crippen LogP contribution in [0.3, 0.4) is 0 Å². The van der Waals surface area contributed by atoms with Crippen molar-refractivity contribution in [2.45, 2.75) is 52.6 Å². The van der Waals surface area contributed by atoms with Gasteiger partial charge in [0.1, 0.15) is 5.92 Å². The van der Waals surface area contributed by atoms with E-state index in [1.807, 2.05) is 12.4 Å². The number of pyridine rings is 4. The summed E-state index contributed by atoms with van der Waals surface area (Å²) in [5.74, 6) is 0.154. The average Bonchev–Trinajstić information content (AvgIpc) is 3.23. The van der Waals surface area contributed by atoms with E-state index in [9.17, 15) is 0 Å². The number of hydrogen-bond acceptors (Lipinski definition) is 2. The quantitative estimate of drug-likeness (QED) is 0.141. The number of aromatic nitrogens is 4. The molecule has 2 aliphatic rings. The Balaban J connectivity index is 1.31. The third kappa shape index (κ3) is 4.51. The minimum Gasteiger partial charge on any atom is -0.264 e. The second kappa shape index (κ2) is 11.4. The molecule has 0 spiro atoms. The topological polar surface area (TPSA) is 33.5 Å². The van der Waals surface area contributed by atoms with Crippen molar-refractivity contribution in [1.29, 1.82) is 0 Å². The zero-order valence-electron chi connectivity index (χ0n) is 29.3. The lowest BCUT2D eigenvalue weighted by molar-refractivity contribution is -0.739. The Kier molecular flexibility index (Phi) is 6.93. The zero-order chi connectivity index (χ0) is 34.3. The Hall–Kier alpha value is -5.74. The van der Waals surface area contributed by atoms with E-state index in [4.69, 9.17) is 4.98 Å². The van der Waals surface area contributed by atoms with Crippen LogP contribution in [0.25, 0.3) is 55.5 Å². The number of rotatable bonds is 3. The van der Waals surface area contributed by atoms with Crippen molar-refractivity contribution in [3.05, 3.63) is 168 Å². The first-order chi connectivity index (χ1) is 24.3. The van der Waals surface area contributed by atoms with Gasteiger partial charge < -0.3 is 0 Å². The van der Waals surface area contributed by atoms with Gasteiger partial charge in [-0.25, -0.2) is 0 Å². The van der Waals surface area contributed by atoms with Gasteiger partial charge in [0.2, 0.25) is 11.4 Å². The maximum absolute atomic E-state index is 4.84. The molecule has 4 heteroatoms. The van der Waals surface area contributed by atoms with Crippen LogP contribution < -0.4 is 9.13 Å². The lowest BCUT2D eigenvalue weighted by atomic mass is 9.75. The van der Waals surface area contributed by atoms with Crippen LogP contribution in [0.2, 0.25) is 0 Å². The van der Waals surface area contributed by atoms with E-state index < -0.39 is 0 Å². The number of nitrogens with zero attached hydrogens (tertiary/aromatic N) is 4. The number of hydrogen-bond donors (Lipinski definition) is 0. The molecule has 2 aliphatic heterocycles. The van der Waals surface area contributed by atoms with Gasteiger partial charge in [-0.1, -0.05) is 49.0 Å². The van der Waals surface area contributed by atoms with Crippen molar-refractivity contribution in [2.24, 2.45) is 0 Å². The molecule has 3 atom stereocenters. The molecule has 0 amide bonds. The standard InChI is InChI=1S/C46H40N4/c1-7-41-45-36-11-9-8-10-35(36)42-22-28(3)18-21-50(42)46(45)38-13-12-32(25-39(38)43-23-27(2)17-20-49(41)43)33-14-15-37(34-16-19-47-26-40(33)34)44-29(4)24-30(5)48-31(44)6/h7-26,41,45-46H,1H2,2-6H3/q+2. The van der Waals surface area contributed by atoms with Gasteiger partial charge in [0, 0.05) is 64.6 Å². The summed E-state index contributed by atoms with van der Waals surface area (Å²) in [6.45, 7) is 15.2. The van der Waals surface area contributed by atoms with Crippen LogP contribution in [0, 0.1) is 34.6 Å².